The third kappa shape index (κ3) is 3.30. The lowest BCUT2D eigenvalue weighted by Crippen LogP contribution is -2.53. The van der Waals surface area contributed by atoms with Gasteiger partial charge < -0.3 is 4.90 Å². The van der Waals surface area contributed by atoms with E-state index in [1.807, 2.05) is 32.0 Å². The van der Waals surface area contributed by atoms with Crippen molar-refractivity contribution >= 4 is 5.91 Å². The number of aromatic nitrogens is 4. The summed E-state index contributed by atoms with van der Waals surface area (Å²) in [6, 6.07) is 5.69. The molecule has 3 rings (SSSR count). The molecule has 0 unspecified atom stereocenters. The lowest BCUT2D eigenvalue weighted by atomic mass is 9.79. The van der Waals surface area contributed by atoms with Crippen LogP contribution in [0.2, 0.25) is 0 Å². The smallest absolute Gasteiger partial charge is 0.325 e. The van der Waals surface area contributed by atoms with Gasteiger partial charge in [0.15, 0.2) is 5.82 Å². The fourth-order valence-corrected chi connectivity index (χ4v) is 4.00. The molecule has 1 fully saturated rings. The van der Waals surface area contributed by atoms with Crippen LogP contribution in [-0.4, -0.2) is 44.2 Å². The first-order chi connectivity index (χ1) is 12.7. The SMILES string of the molecule is Cc1cccc(C)c1-n1nnnc1C1(N(C)C(=O)C(F)(F)F)CCCCC1. The number of carbonyl (C=O) groups excluding carboxylic acids is 1. The van der Waals surface area contributed by atoms with Crippen LogP contribution in [-0.2, 0) is 10.3 Å². The maximum atomic E-state index is 13.2. The molecule has 0 radical (unpaired) electrons. The van der Waals surface area contributed by atoms with Crippen molar-refractivity contribution in [1.82, 2.24) is 25.1 Å². The van der Waals surface area contributed by atoms with Crippen molar-refractivity contribution in [2.24, 2.45) is 0 Å². The Balaban J connectivity index is 2.17. The van der Waals surface area contributed by atoms with Crippen LogP contribution < -0.4 is 0 Å². The predicted molar refractivity (Wildman–Crippen MR) is 92.2 cm³/mol. The first-order valence-corrected chi connectivity index (χ1v) is 8.89. The zero-order chi connectivity index (χ0) is 19.8. The Labute approximate surface area is 155 Å². The summed E-state index contributed by atoms with van der Waals surface area (Å²) in [7, 11) is 1.20. The van der Waals surface area contributed by atoms with E-state index in [1.54, 1.807) is 0 Å². The second-order valence-electron chi connectivity index (χ2n) is 7.11. The molecule has 2 aromatic rings. The molecule has 27 heavy (non-hydrogen) atoms. The Morgan fingerprint density at radius 1 is 1.15 bits per heavy atom. The quantitative estimate of drug-likeness (QED) is 0.817. The zero-order valence-electron chi connectivity index (χ0n) is 15.5. The van der Waals surface area contributed by atoms with Gasteiger partial charge in [-0.1, -0.05) is 37.5 Å². The molecule has 0 saturated heterocycles. The van der Waals surface area contributed by atoms with Crippen LogP contribution in [0.4, 0.5) is 13.2 Å². The highest BCUT2D eigenvalue weighted by molar-refractivity contribution is 5.82. The minimum Gasteiger partial charge on any atom is -0.325 e. The summed E-state index contributed by atoms with van der Waals surface area (Å²) in [6.45, 7) is 3.79. The van der Waals surface area contributed by atoms with Gasteiger partial charge >= 0.3 is 12.1 Å². The Bertz CT molecular complexity index is 820. The second kappa shape index (κ2) is 6.94. The minimum atomic E-state index is -4.95. The normalized spacial score (nSPS) is 17.0. The minimum absolute atomic E-state index is 0.278. The molecule has 0 aliphatic heterocycles. The maximum Gasteiger partial charge on any atom is 0.471 e. The maximum absolute atomic E-state index is 13.2. The Morgan fingerprint density at radius 2 is 1.74 bits per heavy atom. The highest BCUT2D eigenvalue weighted by atomic mass is 19.4. The fourth-order valence-electron chi connectivity index (χ4n) is 4.00. The summed E-state index contributed by atoms with van der Waals surface area (Å²) in [5, 5.41) is 11.9. The summed E-state index contributed by atoms with van der Waals surface area (Å²) in [5.41, 5.74) is 1.34. The number of halogens is 3. The van der Waals surface area contributed by atoms with E-state index in [2.05, 4.69) is 15.5 Å². The molecular formula is C18H22F3N5O. The van der Waals surface area contributed by atoms with Crippen molar-refractivity contribution in [2.75, 3.05) is 7.05 Å². The lowest BCUT2D eigenvalue weighted by molar-refractivity contribution is -0.192. The second-order valence-corrected chi connectivity index (χ2v) is 7.11. The van der Waals surface area contributed by atoms with Crippen LogP contribution in [0.3, 0.4) is 0 Å². The van der Waals surface area contributed by atoms with E-state index < -0.39 is 17.6 Å². The van der Waals surface area contributed by atoms with Crippen LogP contribution in [0, 0.1) is 13.8 Å². The van der Waals surface area contributed by atoms with Crippen LogP contribution >= 0.6 is 0 Å². The average Bonchev–Trinajstić information content (AvgIpc) is 3.10. The molecule has 1 aromatic carbocycles. The van der Waals surface area contributed by atoms with E-state index in [9.17, 15) is 18.0 Å². The summed E-state index contributed by atoms with van der Waals surface area (Å²) in [5.74, 6) is -1.60. The Morgan fingerprint density at radius 3 is 2.30 bits per heavy atom. The van der Waals surface area contributed by atoms with Gasteiger partial charge in [-0.2, -0.15) is 17.9 Å². The number of carbonyl (C=O) groups is 1. The van der Waals surface area contributed by atoms with Crippen LogP contribution in [0.5, 0.6) is 0 Å². The molecule has 0 spiro atoms. The molecule has 1 aliphatic carbocycles. The van der Waals surface area contributed by atoms with E-state index in [1.165, 1.54) is 11.7 Å². The number of rotatable bonds is 3. The summed E-state index contributed by atoms with van der Waals surface area (Å²) in [6.07, 6.45) is -1.87. The first kappa shape index (κ1) is 19.3. The van der Waals surface area contributed by atoms with Crippen molar-refractivity contribution in [3.05, 3.63) is 35.2 Å². The number of hydrogen-bond acceptors (Lipinski definition) is 4. The van der Waals surface area contributed by atoms with E-state index in [4.69, 9.17) is 0 Å². The van der Waals surface area contributed by atoms with Crippen LogP contribution in [0.25, 0.3) is 5.69 Å². The lowest BCUT2D eigenvalue weighted by Gasteiger charge is -2.43. The van der Waals surface area contributed by atoms with Gasteiger partial charge in [-0.05, 0) is 48.2 Å². The number of para-hydroxylation sites is 1. The van der Waals surface area contributed by atoms with Crippen LogP contribution in [0.15, 0.2) is 18.2 Å². The third-order valence-electron chi connectivity index (χ3n) is 5.41. The van der Waals surface area contributed by atoms with Gasteiger partial charge in [-0.15, -0.1) is 5.10 Å². The van der Waals surface area contributed by atoms with Gasteiger partial charge in [0, 0.05) is 7.05 Å². The van der Waals surface area contributed by atoms with Crippen molar-refractivity contribution < 1.29 is 18.0 Å². The van der Waals surface area contributed by atoms with Crippen molar-refractivity contribution in [3.63, 3.8) is 0 Å². The molecular weight excluding hydrogens is 359 g/mol. The topological polar surface area (TPSA) is 63.9 Å². The molecule has 1 aliphatic rings. The largest absolute Gasteiger partial charge is 0.471 e. The van der Waals surface area contributed by atoms with Crippen molar-refractivity contribution in [3.8, 4) is 5.69 Å². The molecule has 0 bridgehead atoms. The molecule has 1 heterocycles. The molecule has 0 atom stereocenters. The summed E-state index contributed by atoms with van der Waals surface area (Å²) >= 11 is 0. The summed E-state index contributed by atoms with van der Waals surface area (Å²) < 4.78 is 41.0. The Kier molecular flexibility index (Phi) is 4.96. The van der Waals surface area contributed by atoms with Gasteiger partial charge in [0.2, 0.25) is 0 Å². The van der Waals surface area contributed by atoms with Gasteiger partial charge in [0.05, 0.1) is 5.69 Å². The molecule has 146 valence electrons. The van der Waals surface area contributed by atoms with Crippen molar-refractivity contribution in [2.45, 2.75) is 57.7 Å². The van der Waals surface area contributed by atoms with Gasteiger partial charge in [0.25, 0.3) is 0 Å². The molecule has 9 heteroatoms. The first-order valence-electron chi connectivity index (χ1n) is 8.89. The standard InChI is InChI=1S/C18H22F3N5O/c1-12-8-7-9-13(2)14(12)26-15(22-23-24-26)17(10-5-4-6-11-17)25(3)16(27)18(19,20)21/h7-9H,4-6,10-11H2,1-3H3. The highest BCUT2D eigenvalue weighted by Crippen LogP contribution is 2.43. The fraction of sp³-hybridized carbons (Fsp3) is 0.556. The monoisotopic (exact) mass is 381 g/mol. The number of nitrogens with zero attached hydrogens (tertiary/aromatic N) is 5. The van der Waals surface area contributed by atoms with E-state index in [0.717, 1.165) is 28.1 Å². The molecule has 1 aromatic heterocycles. The van der Waals surface area contributed by atoms with Gasteiger partial charge in [-0.3, -0.25) is 4.79 Å². The molecule has 0 N–H and O–H groups in total. The highest BCUT2D eigenvalue weighted by Gasteiger charge is 2.52. The van der Waals surface area contributed by atoms with Crippen molar-refractivity contribution in [1.29, 1.82) is 0 Å². The number of benzene rings is 1. The molecule has 6 nitrogen and oxygen atoms in total. The average molecular weight is 381 g/mol. The number of aryl methyl sites for hydroxylation is 2. The number of tetrazole rings is 1. The van der Waals surface area contributed by atoms with Gasteiger partial charge in [-0.25, -0.2) is 0 Å². The summed E-state index contributed by atoms with van der Waals surface area (Å²) in [4.78, 5) is 12.9. The molecule has 1 amide bonds. The number of amides is 1. The van der Waals surface area contributed by atoms with E-state index in [-0.39, 0.29) is 5.82 Å². The van der Waals surface area contributed by atoms with E-state index in [0.29, 0.717) is 25.7 Å². The number of hydrogen-bond donors (Lipinski definition) is 0. The predicted octanol–water partition coefficient (Wildman–Crippen LogP) is 3.46. The zero-order valence-corrected chi connectivity index (χ0v) is 15.5. The third-order valence-corrected chi connectivity index (χ3v) is 5.41. The van der Waals surface area contributed by atoms with Crippen LogP contribution in [0.1, 0.15) is 49.1 Å². The number of alkyl halides is 3. The Hall–Kier alpha value is -2.45. The van der Waals surface area contributed by atoms with Gasteiger partial charge in [0.1, 0.15) is 5.54 Å². The molecule has 1 saturated carbocycles. The van der Waals surface area contributed by atoms with E-state index >= 15 is 0 Å².